The van der Waals surface area contributed by atoms with Crippen molar-refractivity contribution in [2.45, 2.75) is 33.1 Å². The first-order chi connectivity index (χ1) is 18.0. The summed E-state index contributed by atoms with van der Waals surface area (Å²) in [7, 11) is 1.63. The van der Waals surface area contributed by atoms with E-state index in [9.17, 15) is 18.8 Å². The minimum atomic E-state index is -3.25. The number of nitriles is 1. The quantitative estimate of drug-likeness (QED) is 0.295. The number of hydrogen-bond acceptors (Lipinski definition) is 6. The van der Waals surface area contributed by atoms with Gasteiger partial charge < -0.3 is 4.57 Å². The summed E-state index contributed by atoms with van der Waals surface area (Å²) in [6.45, 7) is 8.58. The second kappa shape index (κ2) is 10.0. The maximum absolute atomic E-state index is 15.4. The summed E-state index contributed by atoms with van der Waals surface area (Å²) in [5.74, 6) is -3.13. The molecular formula is C28H25F3N6O. The van der Waals surface area contributed by atoms with E-state index in [1.54, 1.807) is 41.4 Å². The molecule has 194 valence electrons. The largest absolute Gasteiger partial charge is 0.332 e. The Balaban J connectivity index is 1.90. The fourth-order valence-corrected chi connectivity index (χ4v) is 4.37. The van der Waals surface area contributed by atoms with Crippen molar-refractivity contribution in [1.82, 2.24) is 9.55 Å². The highest BCUT2D eigenvalue weighted by Gasteiger charge is 2.37. The van der Waals surface area contributed by atoms with Crippen LogP contribution in [0.15, 0.2) is 71.9 Å². The number of hydrogen-bond donors (Lipinski definition) is 0. The number of nitrogens with zero attached hydrogens (tertiary/aromatic N) is 6. The molecule has 4 rings (SSSR count). The highest BCUT2D eigenvalue weighted by atomic mass is 19.3. The smallest absolute Gasteiger partial charge is 0.271 e. The van der Waals surface area contributed by atoms with Gasteiger partial charge in [-0.1, -0.05) is 13.5 Å². The number of anilines is 4. The van der Waals surface area contributed by atoms with Gasteiger partial charge in [0, 0.05) is 49.4 Å². The number of carbonyl (C=O) groups is 1. The topological polar surface area (TPSA) is 77.5 Å². The standard InChI is InChI=1S/C28H25F3N6O/c1-6-20(10-12-38)34-26-24(29)14-22(16-35(26)5)36-18(3)37(27-25(36)17(2)9-11-33-27)21-8-7-19(15-32)23(13-21)28(4,30)31/h7-14,16H,3,6H2,1-2,4-5H3/b20-10-,34-26?. The van der Waals surface area contributed by atoms with E-state index in [2.05, 4.69) is 16.6 Å². The fourth-order valence-electron chi connectivity index (χ4n) is 4.37. The lowest BCUT2D eigenvalue weighted by Crippen LogP contribution is -2.26. The molecule has 0 fully saturated rings. The molecule has 0 bridgehead atoms. The van der Waals surface area contributed by atoms with Crippen molar-refractivity contribution in [2.75, 3.05) is 9.80 Å². The van der Waals surface area contributed by atoms with Crippen LogP contribution in [0.4, 0.5) is 36.1 Å². The molecule has 3 heterocycles. The van der Waals surface area contributed by atoms with Crippen LogP contribution in [-0.4, -0.2) is 15.8 Å². The summed E-state index contributed by atoms with van der Waals surface area (Å²) in [5.41, 5.74) is 2.04. The number of halogens is 3. The molecule has 38 heavy (non-hydrogen) atoms. The van der Waals surface area contributed by atoms with Gasteiger partial charge >= 0.3 is 0 Å². The number of fused-ring (bicyclic) bond motifs is 1. The van der Waals surface area contributed by atoms with E-state index in [4.69, 9.17) is 0 Å². The highest BCUT2D eigenvalue weighted by molar-refractivity contribution is 5.92. The average molecular weight is 519 g/mol. The zero-order valence-electron chi connectivity index (χ0n) is 21.3. The Labute approximate surface area is 218 Å². The lowest BCUT2D eigenvalue weighted by molar-refractivity contribution is -0.104. The van der Waals surface area contributed by atoms with Gasteiger partial charge in [-0.2, -0.15) is 5.26 Å². The molecular weight excluding hydrogens is 493 g/mol. The Morgan fingerprint density at radius 1 is 1.24 bits per heavy atom. The maximum atomic E-state index is 15.4. The number of aldehydes is 1. The second-order valence-electron chi connectivity index (χ2n) is 8.86. The number of aryl methyl sites for hydroxylation is 2. The third-order valence-electron chi connectivity index (χ3n) is 6.19. The minimum absolute atomic E-state index is 0.0374. The molecule has 1 aromatic carbocycles. The minimum Gasteiger partial charge on any atom is -0.332 e. The summed E-state index contributed by atoms with van der Waals surface area (Å²) in [6.07, 6.45) is 5.58. The Bertz CT molecular complexity index is 1570. The number of rotatable bonds is 6. The van der Waals surface area contributed by atoms with Crippen LogP contribution in [0.2, 0.25) is 0 Å². The summed E-state index contributed by atoms with van der Waals surface area (Å²) in [4.78, 5) is 22.9. The Kier molecular flexibility index (Phi) is 6.96. The predicted molar refractivity (Wildman–Crippen MR) is 138 cm³/mol. The SMILES string of the molecule is C=C1N(c2ccc(C#N)c(C(C)(F)F)c2)c2nccc(C)c2N1c1cc(F)c(=N/C(=C\C=O)CC)n(C)c1. The molecule has 0 radical (unpaired) electrons. The van der Waals surface area contributed by atoms with E-state index < -0.39 is 17.3 Å². The number of benzene rings is 1. The van der Waals surface area contributed by atoms with Gasteiger partial charge in [-0.05, 0) is 49.2 Å². The molecule has 0 saturated heterocycles. The Morgan fingerprint density at radius 2 is 1.97 bits per heavy atom. The Hall–Kier alpha value is -4.65. The third kappa shape index (κ3) is 4.59. The molecule has 3 aromatic rings. The molecule has 0 unspecified atom stereocenters. The number of carbonyl (C=O) groups excluding carboxylic acids is 1. The molecule has 7 nitrogen and oxygen atoms in total. The van der Waals surface area contributed by atoms with Crippen LogP contribution in [0.5, 0.6) is 0 Å². The summed E-state index contributed by atoms with van der Waals surface area (Å²) in [6, 6.07) is 9.02. The zero-order valence-corrected chi connectivity index (χ0v) is 21.3. The number of aromatic nitrogens is 2. The third-order valence-corrected chi connectivity index (χ3v) is 6.19. The lowest BCUT2D eigenvalue weighted by atomic mass is 10.0. The summed E-state index contributed by atoms with van der Waals surface area (Å²) >= 11 is 0. The van der Waals surface area contributed by atoms with Crippen molar-refractivity contribution in [1.29, 1.82) is 5.26 Å². The molecule has 0 spiro atoms. The van der Waals surface area contributed by atoms with Crippen molar-refractivity contribution in [3.63, 3.8) is 0 Å². The van der Waals surface area contributed by atoms with Gasteiger partial charge in [-0.3, -0.25) is 14.6 Å². The van der Waals surface area contributed by atoms with Crippen LogP contribution in [0.3, 0.4) is 0 Å². The van der Waals surface area contributed by atoms with Gasteiger partial charge in [0.15, 0.2) is 17.1 Å². The Morgan fingerprint density at radius 3 is 2.58 bits per heavy atom. The molecule has 0 aliphatic carbocycles. The first kappa shape index (κ1) is 26.4. The van der Waals surface area contributed by atoms with Gasteiger partial charge in [-0.25, -0.2) is 23.1 Å². The van der Waals surface area contributed by atoms with E-state index >= 15 is 4.39 Å². The van der Waals surface area contributed by atoms with Crippen LogP contribution in [0.1, 0.15) is 37.0 Å². The number of alkyl halides is 2. The van der Waals surface area contributed by atoms with Crippen LogP contribution < -0.4 is 15.3 Å². The van der Waals surface area contributed by atoms with Gasteiger partial charge in [0.05, 0.1) is 23.0 Å². The first-order valence-corrected chi connectivity index (χ1v) is 11.7. The molecule has 0 N–H and O–H groups in total. The first-order valence-electron chi connectivity index (χ1n) is 11.7. The zero-order chi connectivity index (χ0) is 27.8. The van der Waals surface area contributed by atoms with E-state index in [1.165, 1.54) is 28.8 Å². The number of allylic oxidation sites excluding steroid dienone is 2. The van der Waals surface area contributed by atoms with Crippen LogP contribution >= 0.6 is 0 Å². The molecule has 0 saturated carbocycles. The van der Waals surface area contributed by atoms with E-state index in [0.29, 0.717) is 47.1 Å². The van der Waals surface area contributed by atoms with Crippen molar-refractivity contribution >= 4 is 29.2 Å². The predicted octanol–water partition coefficient (Wildman–Crippen LogP) is 6.01. The molecule has 10 heteroatoms. The average Bonchev–Trinajstić information content (AvgIpc) is 3.17. The van der Waals surface area contributed by atoms with E-state index in [0.717, 1.165) is 12.5 Å². The fraction of sp³-hybridized carbons (Fsp3) is 0.214. The number of pyridine rings is 2. The van der Waals surface area contributed by atoms with E-state index in [1.807, 2.05) is 19.9 Å². The maximum Gasteiger partial charge on any atom is 0.271 e. The normalized spacial score (nSPS) is 14.1. The van der Waals surface area contributed by atoms with Crippen molar-refractivity contribution in [2.24, 2.45) is 12.0 Å². The van der Waals surface area contributed by atoms with Crippen molar-refractivity contribution in [3.8, 4) is 6.07 Å². The summed E-state index contributed by atoms with van der Waals surface area (Å²) in [5, 5.41) is 9.35. The molecule has 0 atom stereocenters. The molecule has 1 aliphatic rings. The molecule has 0 amide bonds. The highest BCUT2D eigenvalue weighted by Crippen LogP contribution is 2.49. The van der Waals surface area contributed by atoms with Crippen molar-refractivity contribution < 1.29 is 18.0 Å². The molecule has 1 aliphatic heterocycles. The van der Waals surface area contributed by atoms with E-state index in [-0.39, 0.29) is 11.1 Å². The van der Waals surface area contributed by atoms with Gasteiger partial charge in [0.25, 0.3) is 5.92 Å². The lowest BCUT2D eigenvalue weighted by Gasteiger charge is -2.25. The summed E-state index contributed by atoms with van der Waals surface area (Å²) < 4.78 is 45.6. The van der Waals surface area contributed by atoms with Crippen LogP contribution in [0, 0.1) is 24.1 Å². The van der Waals surface area contributed by atoms with Crippen molar-refractivity contribution in [3.05, 3.63) is 94.9 Å². The van der Waals surface area contributed by atoms with Gasteiger partial charge in [0.1, 0.15) is 12.1 Å². The van der Waals surface area contributed by atoms with Gasteiger partial charge in [0.2, 0.25) is 0 Å². The molecule has 2 aromatic heterocycles. The monoisotopic (exact) mass is 518 g/mol. The van der Waals surface area contributed by atoms with Gasteiger partial charge in [-0.15, -0.1) is 0 Å². The van der Waals surface area contributed by atoms with Crippen LogP contribution in [-0.2, 0) is 17.8 Å². The van der Waals surface area contributed by atoms with Crippen LogP contribution in [0.25, 0.3) is 0 Å². The second-order valence-corrected chi connectivity index (χ2v) is 8.86.